The Labute approximate surface area is 123 Å². The molecule has 3 N–H and O–H groups in total. The molecule has 0 aromatic carbocycles. The molecule has 0 aromatic heterocycles. The second-order valence-electron chi connectivity index (χ2n) is 6.68. The average Bonchev–Trinajstić information content (AvgIpc) is 2.38. The number of carbonyl (C=O) groups is 1. The Bertz CT molecular complexity index is 294. The Morgan fingerprint density at radius 3 is 2.50 bits per heavy atom. The third-order valence-electron chi connectivity index (χ3n) is 3.99. The normalized spacial score (nSPS) is 19.9. The Morgan fingerprint density at radius 2 is 2.00 bits per heavy atom. The van der Waals surface area contributed by atoms with Crippen LogP contribution >= 0.6 is 0 Å². The van der Waals surface area contributed by atoms with Crippen LogP contribution in [-0.2, 0) is 9.53 Å². The van der Waals surface area contributed by atoms with Gasteiger partial charge in [0.25, 0.3) is 0 Å². The average molecular weight is 285 g/mol. The molecule has 20 heavy (non-hydrogen) atoms. The van der Waals surface area contributed by atoms with Crippen molar-refractivity contribution in [3.05, 3.63) is 0 Å². The number of nitrogens with zero attached hydrogens (tertiary/aromatic N) is 1. The lowest BCUT2D eigenvalue weighted by Gasteiger charge is -2.41. The molecule has 0 bridgehead atoms. The number of nitrogens with one attached hydrogen (secondary N) is 1. The van der Waals surface area contributed by atoms with Crippen molar-refractivity contribution >= 4 is 5.91 Å². The van der Waals surface area contributed by atoms with Gasteiger partial charge < -0.3 is 15.8 Å². The first-order valence-corrected chi connectivity index (χ1v) is 7.64. The molecule has 0 aliphatic carbocycles. The van der Waals surface area contributed by atoms with E-state index in [0.29, 0.717) is 13.0 Å². The van der Waals surface area contributed by atoms with Gasteiger partial charge in [-0.25, -0.2) is 0 Å². The van der Waals surface area contributed by atoms with E-state index in [0.717, 1.165) is 32.4 Å². The fourth-order valence-electron chi connectivity index (χ4n) is 2.58. The minimum Gasteiger partial charge on any atom is -0.385 e. The van der Waals surface area contributed by atoms with Crippen LogP contribution in [0.2, 0.25) is 0 Å². The van der Waals surface area contributed by atoms with Gasteiger partial charge in [-0.05, 0) is 46.5 Å². The number of nitrogens with two attached hydrogens (primary N) is 1. The van der Waals surface area contributed by atoms with Gasteiger partial charge in [0, 0.05) is 38.4 Å². The number of rotatable bonds is 6. The van der Waals surface area contributed by atoms with Gasteiger partial charge in [-0.1, -0.05) is 0 Å². The van der Waals surface area contributed by atoms with Crippen molar-refractivity contribution in [1.82, 2.24) is 10.2 Å². The number of methoxy groups -OCH3 is 1. The van der Waals surface area contributed by atoms with Crippen LogP contribution in [0.1, 0.15) is 46.5 Å². The second kappa shape index (κ2) is 7.96. The molecule has 1 aliphatic rings. The highest BCUT2D eigenvalue weighted by Crippen LogP contribution is 2.20. The fourth-order valence-corrected chi connectivity index (χ4v) is 2.58. The van der Waals surface area contributed by atoms with Crippen molar-refractivity contribution in [2.75, 3.05) is 26.8 Å². The number of amides is 1. The van der Waals surface area contributed by atoms with E-state index in [1.807, 2.05) is 0 Å². The Morgan fingerprint density at radius 1 is 1.40 bits per heavy atom. The fraction of sp³-hybridized carbons (Fsp3) is 0.933. The van der Waals surface area contributed by atoms with Gasteiger partial charge in [0.1, 0.15) is 0 Å². The number of ether oxygens (including phenoxy) is 1. The molecule has 0 aromatic rings. The van der Waals surface area contributed by atoms with Gasteiger partial charge in [-0.2, -0.15) is 0 Å². The van der Waals surface area contributed by atoms with Gasteiger partial charge in [0.05, 0.1) is 6.04 Å². The lowest BCUT2D eigenvalue weighted by molar-refractivity contribution is -0.123. The molecule has 118 valence electrons. The summed E-state index contributed by atoms with van der Waals surface area (Å²) in [7, 11) is 1.66. The molecular formula is C15H31N3O2. The Balaban J connectivity index is 2.27. The van der Waals surface area contributed by atoms with Crippen LogP contribution in [-0.4, -0.2) is 55.2 Å². The molecule has 1 unspecified atom stereocenters. The predicted molar refractivity (Wildman–Crippen MR) is 81.6 cm³/mol. The molecule has 5 heteroatoms. The van der Waals surface area contributed by atoms with Gasteiger partial charge in [0.2, 0.25) is 5.91 Å². The zero-order valence-electron chi connectivity index (χ0n) is 13.4. The molecule has 1 atom stereocenters. The van der Waals surface area contributed by atoms with Gasteiger partial charge in [-0.15, -0.1) is 0 Å². The minimum atomic E-state index is -0.411. The van der Waals surface area contributed by atoms with E-state index in [2.05, 4.69) is 31.0 Å². The van der Waals surface area contributed by atoms with Crippen molar-refractivity contribution in [2.45, 2.75) is 64.1 Å². The molecule has 1 aliphatic heterocycles. The highest BCUT2D eigenvalue weighted by Gasteiger charge is 2.28. The van der Waals surface area contributed by atoms with Gasteiger partial charge in [-0.3, -0.25) is 9.69 Å². The molecular weight excluding hydrogens is 254 g/mol. The summed E-state index contributed by atoms with van der Waals surface area (Å²) < 4.78 is 4.97. The minimum absolute atomic E-state index is 0.0182. The molecule has 1 rings (SSSR count). The quantitative estimate of drug-likeness (QED) is 0.718. The Kier molecular flexibility index (Phi) is 6.92. The van der Waals surface area contributed by atoms with Crippen LogP contribution in [0.5, 0.6) is 0 Å². The molecule has 1 fully saturated rings. The zero-order chi connectivity index (χ0) is 15.2. The summed E-state index contributed by atoms with van der Waals surface area (Å²) in [6, 6.07) is -0.139. The van der Waals surface area contributed by atoms with Crippen LogP contribution in [0.3, 0.4) is 0 Å². The maximum absolute atomic E-state index is 12.0. The van der Waals surface area contributed by atoms with Crippen LogP contribution in [0.4, 0.5) is 0 Å². The summed E-state index contributed by atoms with van der Waals surface area (Å²) in [5, 5.41) is 3.09. The largest absolute Gasteiger partial charge is 0.385 e. The maximum Gasteiger partial charge on any atom is 0.237 e. The van der Waals surface area contributed by atoms with Crippen LogP contribution in [0.25, 0.3) is 0 Å². The molecule has 1 heterocycles. The smallest absolute Gasteiger partial charge is 0.237 e. The predicted octanol–water partition coefficient (Wildman–Crippen LogP) is 1.12. The summed E-state index contributed by atoms with van der Waals surface area (Å²) >= 11 is 0. The first kappa shape index (κ1) is 17.4. The first-order valence-electron chi connectivity index (χ1n) is 7.64. The third-order valence-corrected chi connectivity index (χ3v) is 3.99. The number of carbonyl (C=O) groups excluding carboxylic acids is 1. The molecule has 0 radical (unpaired) electrons. The molecule has 1 amide bonds. The molecule has 5 nitrogen and oxygen atoms in total. The molecule has 1 saturated heterocycles. The van der Waals surface area contributed by atoms with Crippen LogP contribution < -0.4 is 11.1 Å². The standard InChI is InChI=1S/C15H31N3O2/c1-15(2,3)18-9-7-12(8-10-18)17-14(19)13(16)6-5-11-20-4/h12-13H,5-11,16H2,1-4H3,(H,17,19). The lowest BCUT2D eigenvalue weighted by atomic mass is 9.97. The summed E-state index contributed by atoms with van der Waals surface area (Å²) in [6.07, 6.45) is 3.52. The van der Waals surface area contributed by atoms with E-state index in [1.54, 1.807) is 7.11 Å². The van der Waals surface area contributed by atoms with Crippen molar-refractivity contribution in [3.63, 3.8) is 0 Å². The zero-order valence-corrected chi connectivity index (χ0v) is 13.4. The van der Waals surface area contributed by atoms with E-state index in [-0.39, 0.29) is 17.5 Å². The molecule has 0 saturated carbocycles. The van der Waals surface area contributed by atoms with Crippen molar-refractivity contribution in [2.24, 2.45) is 5.73 Å². The number of hydrogen-bond donors (Lipinski definition) is 2. The topological polar surface area (TPSA) is 67.6 Å². The van der Waals surface area contributed by atoms with E-state index in [1.165, 1.54) is 0 Å². The number of piperidine rings is 1. The summed E-state index contributed by atoms with van der Waals surface area (Å²) in [4.78, 5) is 14.5. The van der Waals surface area contributed by atoms with Gasteiger partial charge >= 0.3 is 0 Å². The van der Waals surface area contributed by atoms with Crippen LogP contribution in [0.15, 0.2) is 0 Å². The highest BCUT2D eigenvalue weighted by atomic mass is 16.5. The van der Waals surface area contributed by atoms with Crippen molar-refractivity contribution < 1.29 is 9.53 Å². The van der Waals surface area contributed by atoms with Crippen LogP contribution in [0, 0.1) is 0 Å². The molecule has 0 spiro atoms. The summed E-state index contributed by atoms with van der Waals surface area (Å²) in [5.74, 6) is -0.0182. The monoisotopic (exact) mass is 285 g/mol. The first-order chi connectivity index (χ1) is 9.34. The lowest BCUT2D eigenvalue weighted by Crippen LogP contribution is -2.53. The van der Waals surface area contributed by atoms with E-state index in [4.69, 9.17) is 10.5 Å². The third kappa shape index (κ3) is 5.77. The summed E-state index contributed by atoms with van der Waals surface area (Å²) in [5.41, 5.74) is 6.11. The van der Waals surface area contributed by atoms with E-state index in [9.17, 15) is 4.79 Å². The van der Waals surface area contributed by atoms with E-state index < -0.39 is 6.04 Å². The van der Waals surface area contributed by atoms with Crippen molar-refractivity contribution in [3.8, 4) is 0 Å². The Hall–Kier alpha value is -0.650. The maximum atomic E-state index is 12.0. The van der Waals surface area contributed by atoms with Gasteiger partial charge in [0.15, 0.2) is 0 Å². The number of likely N-dealkylation sites (tertiary alicyclic amines) is 1. The summed E-state index contributed by atoms with van der Waals surface area (Å²) in [6.45, 7) is 9.43. The van der Waals surface area contributed by atoms with Crippen molar-refractivity contribution in [1.29, 1.82) is 0 Å². The number of hydrogen-bond acceptors (Lipinski definition) is 4. The SMILES string of the molecule is COCCCC(N)C(=O)NC1CCN(C(C)(C)C)CC1. The highest BCUT2D eigenvalue weighted by molar-refractivity contribution is 5.81. The second-order valence-corrected chi connectivity index (χ2v) is 6.68. The van der Waals surface area contributed by atoms with E-state index >= 15 is 0 Å².